The Hall–Kier alpha value is -2.84. The molecule has 1 heterocycles. The lowest BCUT2D eigenvalue weighted by atomic mass is 9.88. The summed E-state index contributed by atoms with van der Waals surface area (Å²) in [6.07, 6.45) is -2.07. The van der Waals surface area contributed by atoms with Gasteiger partial charge < -0.3 is 15.2 Å². The molecule has 5 nitrogen and oxygen atoms in total. The van der Waals surface area contributed by atoms with Crippen molar-refractivity contribution < 1.29 is 27.8 Å². The minimum atomic E-state index is -4.55. The van der Waals surface area contributed by atoms with Crippen molar-refractivity contribution in [1.29, 1.82) is 0 Å². The molecule has 152 valence electrons. The van der Waals surface area contributed by atoms with Crippen LogP contribution in [-0.4, -0.2) is 30.0 Å². The third-order valence-electron chi connectivity index (χ3n) is 4.22. The van der Waals surface area contributed by atoms with Crippen LogP contribution >= 0.6 is 11.6 Å². The highest BCUT2D eigenvalue weighted by molar-refractivity contribution is 6.30. The van der Waals surface area contributed by atoms with Gasteiger partial charge in [-0.2, -0.15) is 13.2 Å². The zero-order chi connectivity index (χ0) is 21.1. The lowest BCUT2D eigenvalue weighted by Crippen LogP contribution is -2.39. The van der Waals surface area contributed by atoms with Gasteiger partial charge in [0.15, 0.2) is 0 Å². The Bertz CT molecular complexity index is 958. The van der Waals surface area contributed by atoms with Gasteiger partial charge in [0.2, 0.25) is 0 Å². The molecule has 0 aliphatic carbocycles. The number of carbonyl (C=O) groups is 1. The Kier molecular flexibility index (Phi) is 5.95. The average molecular weight is 425 g/mol. The lowest BCUT2D eigenvalue weighted by Gasteiger charge is -2.34. The second-order valence-corrected chi connectivity index (χ2v) is 6.82. The zero-order valence-electron chi connectivity index (χ0n) is 14.9. The van der Waals surface area contributed by atoms with E-state index < -0.39 is 24.3 Å². The number of ether oxygens (including phenoxy) is 1. The Balaban J connectivity index is 1.86. The fourth-order valence-electron chi connectivity index (χ4n) is 2.87. The topological polar surface area (TPSA) is 70.9 Å². The molecular formula is C20H16ClF3N2O3. The summed E-state index contributed by atoms with van der Waals surface area (Å²) in [5.74, 6) is -0.838. The fourth-order valence-corrected chi connectivity index (χ4v) is 2.99. The van der Waals surface area contributed by atoms with E-state index in [1.165, 1.54) is 36.7 Å². The predicted molar refractivity (Wildman–Crippen MR) is 102 cm³/mol. The number of nitrogens with one attached hydrogen (secondary N) is 1. The van der Waals surface area contributed by atoms with E-state index in [4.69, 9.17) is 16.3 Å². The van der Waals surface area contributed by atoms with E-state index in [0.717, 1.165) is 0 Å². The number of phenolic OH excluding ortho intramolecular Hbond substituents is 1. The van der Waals surface area contributed by atoms with Crippen molar-refractivity contribution in [3.05, 3.63) is 76.6 Å². The maximum Gasteiger partial charge on any atom is 0.411 e. The Morgan fingerprint density at radius 3 is 2.55 bits per heavy atom. The molecule has 2 aromatic carbocycles. The fraction of sp³-hybridized carbons (Fsp3) is 0.200. The molecule has 1 unspecified atom stereocenters. The molecule has 1 aliphatic heterocycles. The van der Waals surface area contributed by atoms with Gasteiger partial charge in [0.25, 0.3) is 5.91 Å². The van der Waals surface area contributed by atoms with Crippen LogP contribution in [-0.2, 0) is 10.3 Å². The smallest absolute Gasteiger partial charge is 0.411 e. The van der Waals surface area contributed by atoms with Gasteiger partial charge in [-0.3, -0.25) is 9.79 Å². The molecule has 0 saturated heterocycles. The van der Waals surface area contributed by atoms with Crippen molar-refractivity contribution in [2.75, 3.05) is 6.61 Å². The summed E-state index contributed by atoms with van der Waals surface area (Å²) in [4.78, 5) is 16.4. The van der Waals surface area contributed by atoms with Gasteiger partial charge in [-0.1, -0.05) is 35.9 Å². The SMILES string of the molecule is O=C(NC1=CN=CC(OCC(F)(F)F)(c2ccc(Cl)cc2)C1)c1ccccc1O. The highest BCUT2D eigenvalue weighted by Gasteiger charge is 2.39. The summed E-state index contributed by atoms with van der Waals surface area (Å²) in [6.45, 7) is -1.50. The summed E-state index contributed by atoms with van der Waals surface area (Å²) in [7, 11) is 0. The lowest BCUT2D eigenvalue weighted by molar-refractivity contribution is -0.195. The molecule has 0 saturated carbocycles. The van der Waals surface area contributed by atoms with E-state index in [0.29, 0.717) is 10.6 Å². The number of aliphatic imine (C=N–C) groups is 1. The van der Waals surface area contributed by atoms with Crippen molar-refractivity contribution in [1.82, 2.24) is 5.32 Å². The van der Waals surface area contributed by atoms with Crippen LogP contribution in [0.2, 0.25) is 5.02 Å². The first-order valence-corrected chi connectivity index (χ1v) is 8.86. The molecule has 1 aliphatic rings. The average Bonchev–Trinajstić information content (AvgIpc) is 2.67. The van der Waals surface area contributed by atoms with E-state index in [1.54, 1.807) is 24.3 Å². The molecule has 0 aromatic heterocycles. The Labute approximate surface area is 169 Å². The molecule has 0 bridgehead atoms. The molecule has 2 N–H and O–H groups in total. The second kappa shape index (κ2) is 8.26. The highest BCUT2D eigenvalue weighted by atomic mass is 35.5. The largest absolute Gasteiger partial charge is 0.507 e. The standard InChI is InChI=1S/C20H16ClF3N2O3/c21-14-7-5-13(6-8-14)19(29-12-20(22,23)24)9-15(10-25-11-19)26-18(28)16-3-1-2-4-17(16)27/h1-8,10-11,27H,9,12H2,(H,26,28). The molecule has 1 atom stereocenters. The third kappa shape index (κ3) is 5.16. The number of halogens is 4. The molecule has 0 fully saturated rings. The van der Waals surface area contributed by atoms with E-state index in [-0.39, 0.29) is 23.4 Å². The van der Waals surface area contributed by atoms with Crippen LogP contribution in [0.5, 0.6) is 5.75 Å². The van der Waals surface area contributed by atoms with Gasteiger partial charge >= 0.3 is 6.18 Å². The first-order chi connectivity index (χ1) is 13.7. The number of hydrogen-bond donors (Lipinski definition) is 2. The van der Waals surface area contributed by atoms with Crippen LogP contribution in [0.3, 0.4) is 0 Å². The second-order valence-electron chi connectivity index (χ2n) is 6.38. The Morgan fingerprint density at radius 1 is 1.21 bits per heavy atom. The van der Waals surface area contributed by atoms with Crippen molar-refractivity contribution in [2.24, 2.45) is 4.99 Å². The van der Waals surface area contributed by atoms with Gasteiger partial charge in [-0.25, -0.2) is 0 Å². The van der Waals surface area contributed by atoms with Crippen LogP contribution < -0.4 is 5.32 Å². The van der Waals surface area contributed by atoms with Crippen molar-refractivity contribution >= 4 is 23.7 Å². The Morgan fingerprint density at radius 2 is 1.90 bits per heavy atom. The number of carbonyl (C=O) groups excluding carboxylic acids is 1. The van der Waals surface area contributed by atoms with E-state index in [2.05, 4.69) is 10.3 Å². The molecular weight excluding hydrogens is 409 g/mol. The first kappa shape index (κ1) is 20.9. The van der Waals surface area contributed by atoms with Crippen LogP contribution in [0, 0.1) is 0 Å². The molecule has 0 radical (unpaired) electrons. The zero-order valence-corrected chi connectivity index (χ0v) is 15.7. The number of rotatable bonds is 5. The number of amides is 1. The van der Waals surface area contributed by atoms with Gasteiger partial charge in [0.1, 0.15) is 18.0 Å². The van der Waals surface area contributed by atoms with Crippen molar-refractivity contribution in [2.45, 2.75) is 18.2 Å². The number of phenols is 1. The number of nitrogens with zero attached hydrogens (tertiary/aromatic N) is 1. The van der Waals surface area contributed by atoms with Gasteiger partial charge in [0, 0.05) is 29.6 Å². The molecule has 9 heteroatoms. The summed E-state index contributed by atoms with van der Waals surface area (Å²) < 4.78 is 43.7. The number of benzene rings is 2. The van der Waals surface area contributed by atoms with Crippen molar-refractivity contribution in [3.63, 3.8) is 0 Å². The van der Waals surface area contributed by atoms with Crippen LogP contribution in [0.1, 0.15) is 22.3 Å². The summed E-state index contributed by atoms with van der Waals surface area (Å²) in [5.41, 5.74) is -0.887. The number of alkyl halides is 3. The summed E-state index contributed by atoms with van der Waals surface area (Å²) in [5, 5.41) is 12.8. The van der Waals surface area contributed by atoms with Gasteiger partial charge in [-0.15, -0.1) is 0 Å². The minimum absolute atomic E-state index is 0.0243. The van der Waals surface area contributed by atoms with Crippen LogP contribution in [0.25, 0.3) is 0 Å². The first-order valence-electron chi connectivity index (χ1n) is 8.48. The quantitative estimate of drug-likeness (QED) is 0.738. The van der Waals surface area contributed by atoms with E-state index >= 15 is 0 Å². The molecule has 29 heavy (non-hydrogen) atoms. The maximum atomic E-state index is 12.8. The molecule has 3 rings (SSSR count). The van der Waals surface area contributed by atoms with Gasteiger partial charge in [-0.05, 0) is 29.8 Å². The summed E-state index contributed by atoms with van der Waals surface area (Å²) in [6, 6.07) is 12.1. The number of para-hydroxylation sites is 1. The van der Waals surface area contributed by atoms with E-state index in [9.17, 15) is 23.1 Å². The number of hydrogen-bond acceptors (Lipinski definition) is 4. The molecule has 2 aromatic rings. The molecule has 1 amide bonds. The van der Waals surface area contributed by atoms with E-state index in [1.807, 2.05) is 0 Å². The van der Waals surface area contributed by atoms with Gasteiger partial charge in [0.05, 0.1) is 5.56 Å². The summed E-state index contributed by atoms with van der Waals surface area (Å²) >= 11 is 5.88. The van der Waals surface area contributed by atoms with Crippen LogP contribution in [0.4, 0.5) is 13.2 Å². The normalized spacial score (nSPS) is 19.0. The maximum absolute atomic E-state index is 12.8. The highest BCUT2D eigenvalue weighted by Crippen LogP contribution is 2.35. The number of aromatic hydroxyl groups is 1. The predicted octanol–water partition coefficient (Wildman–Crippen LogP) is 4.57. The third-order valence-corrected chi connectivity index (χ3v) is 4.47. The van der Waals surface area contributed by atoms with Crippen molar-refractivity contribution in [3.8, 4) is 5.75 Å². The van der Waals surface area contributed by atoms with Crippen LogP contribution in [0.15, 0.2) is 65.4 Å². The molecule has 0 spiro atoms. The monoisotopic (exact) mass is 424 g/mol. The minimum Gasteiger partial charge on any atom is -0.507 e.